The fraction of sp³-hybridized carbons (Fsp3) is 0.150. The number of aryl methyl sites for hydroxylation is 1. The van der Waals surface area contributed by atoms with Crippen LogP contribution in [-0.4, -0.2) is 23.0 Å². The van der Waals surface area contributed by atoms with Crippen LogP contribution in [0.25, 0.3) is 11.4 Å². The van der Waals surface area contributed by atoms with Crippen molar-refractivity contribution in [2.45, 2.75) is 13.8 Å². The zero-order valence-electron chi connectivity index (χ0n) is 14.9. The molecule has 1 aromatic heterocycles. The maximum Gasteiger partial charge on any atom is 0.221 e. The lowest BCUT2D eigenvalue weighted by molar-refractivity contribution is -0.114. The highest BCUT2D eigenvalue weighted by molar-refractivity contribution is 5.89. The molecule has 6 nitrogen and oxygen atoms in total. The van der Waals surface area contributed by atoms with Gasteiger partial charge in [-0.3, -0.25) is 4.79 Å². The Kier molecular flexibility index (Phi) is 5.12. The number of benzene rings is 2. The molecule has 1 amide bonds. The molecule has 26 heavy (non-hydrogen) atoms. The minimum absolute atomic E-state index is 0.0891. The summed E-state index contributed by atoms with van der Waals surface area (Å²) in [5.41, 5.74) is 3.56. The number of rotatable bonds is 5. The molecule has 3 rings (SSSR count). The molecule has 3 aromatic rings. The van der Waals surface area contributed by atoms with Crippen LogP contribution in [0.2, 0.25) is 0 Å². The second-order valence-electron chi connectivity index (χ2n) is 5.83. The van der Waals surface area contributed by atoms with Crippen LogP contribution in [0.1, 0.15) is 12.5 Å². The Morgan fingerprint density at radius 1 is 1.08 bits per heavy atom. The minimum atomic E-state index is -0.0891. The van der Waals surface area contributed by atoms with E-state index in [9.17, 15) is 4.79 Å². The van der Waals surface area contributed by atoms with Crippen LogP contribution in [-0.2, 0) is 4.79 Å². The Morgan fingerprint density at radius 3 is 2.50 bits per heavy atom. The van der Waals surface area contributed by atoms with Gasteiger partial charge in [0, 0.05) is 30.1 Å². The van der Waals surface area contributed by atoms with Crippen LogP contribution in [0.5, 0.6) is 5.75 Å². The second-order valence-corrected chi connectivity index (χ2v) is 5.83. The molecular formula is C20H20N4O2. The van der Waals surface area contributed by atoms with Crippen molar-refractivity contribution in [1.82, 2.24) is 9.97 Å². The Hall–Kier alpha value is -3.41. The molecule has 132 valence electrons. The lowest BCUT2D eigenvalue weighted by Crippen LogP contribution is -2.07. The molecule has 0 aliphatic rings. The van der Waals surface area contributed by atoms with Crippen molar-refractivity contribution in [1.29, 1.82) is 0 Å². The van der Waals surface area contributed by atoms with Gasteiger partial charge in [0.1, 0.15) is 11.6 Å². The molecule has 2 N–H and O–H groups in total. The first-order chi connectivity index (χ1) is 12.5. The van der Waals surface area contributed by atoms with Crippen molar-refractivity contribution < 1.29 is 9.53 Å². The number of carbonyl (C=O) groups excluding carboxylic acids is 1. The fourth-order valence-electron chi connectivity index (χ4n) is 2.53. The zero-order chi connectivity index (χ0) is 18.5. The van der Waals surface area contributed by atoms with E-state index in [-0.39, 0.29) is 5.91 Å². The monoisotopic (exact) mass is 348 g/mol. The first-order valence-corrected chi connectivity index (χ1v) is 8.18. The average molecular weight is 348 g/mol. The van der Waals surface area contributed by atoms with Crippen LogP contribution in [0.15, 0.2) is 54.7 Å². The highest BCUT2D eigenvalue weighted by Crippen LogP contribution is 2.24. The molecule has 0 saturated carbocycles. The average Bonchev–Trinajstić information content (AvgIpc) is 2.64. The van der Waals surface area contributed by atoms with Gasteiger partial charge >= 0.3 is 0 Å². The fourth-order valence-corrected chi connectivity index (χ4v) is 2.53. The normalized spacial score (nSPS) is 10.3. The number of aromatic nitrogens is 2. The summed E-state index contributed by atoms with van der Waals surface area (Å²) in [7, 11) is 1.63. The molecule has 2 aromatic carbocycles. The van der Waals surface area contributed by atoms with E-state index in [1.54, 1.807) is 13.3 Å². The van der Waals surface area contributed by atoms with E-state index in [4.69, 9.17) is 4.74 Å². The summed E-state index contributed by atoms with van der Waals surface area (Å²) in [6.07, 6.45) is 1.72. The summed E-state index contributed by atoms with van der Waals surface area (Å²) in [4.78, 5) is 20.1. The number of nitrogens with one attached hydrogen (secondary N) is 2. The van der Waals surface area contributed by atoms with Crippen molar-refractivity contribution in [3.8, 4) is 17.1 Å². The van der Waals surface area contributed by atoms with Crippen molar-refractivity contribution in [3.05, 3.63) is 60.3 Å². The topological polar surface area (TPSA) is 76.1 Å². The highest BCUT2D eigenvalue weighted by Gasteiger charge is 2.06. The van der Waals surface area contributed by atoms with Crippen molar-refractivity contribution >= 4 is 23.1 Å². The van der Waals surface area contributed by atoms with Gasteiger partial charge in [-0.05, 0) is 61.0 Å². The predicted molar refractivity (Wildman–Crippen MR) is 103 cm³/mol. The summed E-state index contributed by atoms with van der Waals surface area (Å²) in [6.45, 7) is 3.44. The van der Waals surface area contributed by atoms with Gasteiger partial charge < -0.3 is 15.4 Å². The highest BCUT2D eigenvalue weighted by atomic mass is 16.5. The molecule has 1 heterocycles. The van der Waals surface area contributed by atoms with E-state index in [1.165, 1.54) is 6.92 Å². The van der Waals surface area contributed by atoms with Gasteiger partial charge in [0.05, 0.1) is 7.11 Å². The molecule has 6 heteroatoms. The second kappa shape index (κ2) is 7.65. The lowest BCUT2D eigenvalue weighted by atomic mass is 10.1. The van der Waals surface area contributed by atoms with Gasteiger partial charge in [-0.25, -0.2) is 9.97 Å². The zero-order valence-corrected chi connectivity index (χ0v) is 14.9. The van der Waals surface area contributed by atoms with E-state index in [2.05, 4.69) is 20.6 Å². The quantitative estimate of drug-likeness (QED) is 0.724. The number of anilines is 3. The Morgan fingerprint density at radius 2 is 1.85 bits per heavy atom. The number of carbonyl (C=O) groups is 1. The molecule has 0 saturated heterocycles. The Bertz CT molecular complexity index is 923. The van der Waals surface area contributed by atoms with Gasteiger partial charge in [0.25, 0.3) is 0 Å². The number of nitrogens with zero attached hydrogens (tertiary/aromatic N) is 2. The van der Waals surface area contributed by atoms with Crippen LogP contribution in [0, 0.1) is 6.92 Å². The minimum Gasteiger partial charge on any atom is -0.497 e. The number of hydrogen-bond donors (Lipinski definition) is 2. The standard InChI is InChI=1S/C20H20N4O2/c1-13-12-16(6-9-18(13)22-14(2)25)23-19-10-11-21-20(24-19)15-4-7-17(26-3)8-5-15/h4-12H,1-3H3,(H,22,25)(H,21,23,24). The Labute approximate surface area is 152 Å². The maximum atomic E-state index is 11.2. The van der Waals surface area contributed by atoms with E-state index in [0.29, 0.717) is 11.6 Å². The summed E-state index contributed by atoms with van der Waals surface area (Å²) in [5, 5.41) is 6.07. The predicted octanol–water partition coefficient (Wildman–Crippen LogP) is 4.16. The van der Waals surface area contributed by atoms with Crippen molar-refractivity contribution in [3.63, 3.8) is 0 Å². The molecule has 0 unspecified atom stereocenters. The Balaban J connectivity index is 1.80. The number of ether oxygens (including phenoxy) is 1. The van der Waals surface area contributed by atoms with Crippen molar-refractivity contribution in [2.24, 2.45) is 0 Å². The molecule has 0 aliphatic heterocycles. The van der Waals surface area contributed by atoms with Crippen LogP contribution in [0.3, 0.4) is 0 Å². The number of methoxy groups -OCH3 is 1. The number of hydrogen-bond acceptors (Lipinski definition) is 5. The third-order valence-corrected chi connectivity index (χ3v) is 3.81. The van der Waals surface area contributed by atoms with Crippen LogP contribution in [0.4, 0.5) is 17.2 Å². The lowest BCUT2D eigenvalue weighted by Gasteiger charge is -2.11. The molecule has 0 radical (unpaired) electrons. The molecule has 0 aliphatic carbocycles. The van der Waals surface area contributed by atoms with Crippen LogP contribution < -0.4 is 15.4 Å². The largest absolute Gasteiger partial charge is 0.497 e. The maximum absolute atomic E-state index is 11.2. The SMILES string of the molecule is COc1ccc(-c2nccc(Nc3ccc(NC(C)=O)c(C)c3)n2)cc1. The van der Waals surface area contributed by atoms with Crippen molar-refractivity contribution in [2.75, 3.05) is 17.7 Å². The van der Waals surface area contributed by atoms with Crippen LogP contribution >= 0.6 is 0 Å². The van der Waals surface area contributed by atoms with Gasteiger partial charge in [-0.15, -0.1) is 0 Å². The molecule has 0 bridgehead atoms. The molecule has 0 spiro atoms. The van der Waals surface area contributed by atoms with E-state index in [1.807, 2.05) is 55.5 Å². The van der Waals surface area contributed by atoms with E-state index >= 15 is 0 Å². The third kappa shape index (κ3) is 4.16. The molecular weight excluding hydrogens is 328 g/mol. The van der Waals surface area contributed by atoms with Gasteiger partial charge in [-0.1, -0.05) is 0 Å². The van der Waals surface area contributed by atoms with Gasteiger partial charge in [0.2, 0.25) is 5.91 Å². The first-order valence-electron chi connectivity index (χ1n) is 8.18. The smallest absolute Gasteiger partial charge is 0.221 e. The van der Waals surface area contributed by atoms with E-state index in [0.717, 1.165) is 28.3 Å². The van der Waals surface area contributed by atoms with E-state index < -0.39 is 0 Å². The number of amides is 1. The first kappa shape index (κ1) is 17.4. The summed E-state index contributed by atoms with van der Waals surface area (Å²) >= 11 is 0. The third-order valence-electron chi connectivity index (χ3n) is 3.81. The summed E-state index contributed by atoms with van der Waals surface area (Å²) < 4.78 is 5.17. The van der Waals surface area contributed by atoms with Gasteiger partial charge in [-0.2, -0.15) is 0 Å². The molecule has 0 atom stereocenters. The summed E-state index contributed by atoms with van der Waals surface area (Å²) in [6, 6.07) is 15.1. The van der Waals surface area contributed by atoms with Gasteiger partial charge in [0.15, 0.2) is 5.82 Å². The summed E-state index contributed by atoms with van der Waals surface area (Å²) in [5.74, 6) is 2.02. The molecule has 0 fully saturated rings.